The molecule has 0 spiro atoms. The second-order valence-corrected chi connectivity index (χ2v) is 7.36. The van der Waals surface area contributed by atoms with Gasteiger partial charge in [0.05, 0.1) is 12.4 Å². The molecule has 0 heterocycles. The zero-order valence-corrected chi connectivity index (χ0v) is 14.6. The van der Waals surface area contributed by atoms with Gasteiger partial charge in [-0.3, -0.25) is 4.72 Å². The lowest BCUT2D eigenvalue weighted by Gasteiger charge is -2.23. The molecule has 0 aliphatic rings. The fraction of sp³-hybridized carbons (Fsp3) is 0.625. The van der Waals surface area contributed by atoms with Crippen LogP contribution >= 0.6 is 0 Å². The van der Waals surface area contributed by atoms with Gasteiger partial charge in [0.2, 0.25) is 10.0 Å². The van der Waals surface area contributed by atoms with Crippen molar-refractivity contribution in [3.05, 3.63) is 29.8 Å². The smallest absolute Gasteiger partial charge is 0.229 e. The highest BCUT2D eigenvalue weighted by molar-refractivity contribution is 7.92. The first-order valence-corrected chi connectivity index (χ1v) is 9.73. The van der Waals surface area contributed by atoms with Crippen molar-refractivity contribution in [3.63, 3.8) is 0 Å². The molecule has 6 heteroatoms. The SMILES string of the molecule is CCCCCN(CC)CC(O)c1ccc(NS(C)(=O)=O)cc1. The first-order valence-electron chi connectivity index (χ1n) is 7.84. The number of aliphatic hydroxyl groups excluding tert-OH is 1. The molecule has 2 N–H and O–H groups in total. The molecule has 22 heavy (non-hydrogen) atoms. The third-order valence-electron chi connectivity index (χ3n) is 3.55. The van der Waals surface area contributed by atoms with Gasteiger partial charge < -0.3 is 10.0 Å². The first kappa shape index (κ1) is 18.9. The van der Waals surface area contributed by atoms with Crippen molar-refractivity contribution in [2.45, 2.75) is 39.2 Å². The number of aliphatic hydroxyl groups is 1. The van der Waals surface area contributed by atoms with E-state index in [1.54, 1.807) is 24.3 Å². The van der Waals surface area contributed by atoms with Crippen molar-refractivity contribution < 1.29 is 13.5 Å². The monoisotopic (exact) mass is 328 g/mol. The van der Waals surface area contributed by atoms with Crippen LogP contribution in [0.4, 0.5) is 5.69 Å². The normalized spacial score (nSPS) is 13.3. The average Bonchev–Trinajstić information content (AvgIpc) is 2.45. The quantitative estimate of drug-likeness (QED) is 0.648. The standard InChI is InChI=1S/C16H28N2O3S/c1-4-6-7-12-18(5-2)13-16(19)14-8-10-15(11-9-14)17-22(3,20)21/h8-11,16-17,19H,4-7,12-13H2,1-3H3. The van der Waals surface area contributed by atoms with Crippen molar-refractivity contribution in [3.8, 4) is 0 Å². The summed E-state index contributed by atoms with van der Waals surface area (Å²) in [6, 6.07) is 6.87. The van der Waals surface area contributed by atoms with Crippen molar-refractivity contribution in [2.24, 2.45) is 0 Å². The van der Waals surface area contributed by atoms with Crippen LogP contribution in [0.5, 0.6) is 0 Å². The van der Waals surface area contributed by atoms with E-state index in [1.165, 1.54) is 12.8 Å². The summed E-state index contributed by atoms with van der Waals surface area (Å²) in [5.41, 5.74) is 1.31. The summed E-state index contributed by atoms with van der Waals surface area (Å²) in [6.45, 7) is 6.78. The molecule has 0 bridgehead atoms. The minimum absolute atomic E-state index is 0.508. The van der Waals surface area contributed by atoms with Crippen LogP contribution in [0, 0.1) is 0 Å². The molecule has 1 rings (SSSR count). The van der Waals surface area contributed by atoms with Gasteiger partial charge >= 0.3 is 0 Å². The van der Waals surface area contributed by atoms with Crippen LogP contribution in [0.25, 0.3) is 0 Å². The summed E-state index contributed by atoms with van der Waals surface area (Å²) < 4.78 is 24.7. The number of nitrogens with one attached hydrogen (secondary N) is 1. The van der Waals surface area contributed by atoms with Gasteiger partial charge in [-0.2, -0.15) is 0 Å². The summed E-state index contributed by atoms with van der Waals surface area (Å²) in [4.78, 5) is 2.24. The van der Waals surface area contributed by atoms with Crippen LogP contribution in [0.15, 0.2) is 24.3 Å². The highest BCUT2D eigenvalue weighted by Gasteiger charge is 2.12. The molecular formula is C16H28N2O3S. The summed E-state index contributed by atoms with van der Waals surface area (Å²) in [5, 5.41) is 10.3. The lowest BCUT2D eigenvalue weighted by atomic mass is 10.1. The highest BCUT2D eigenvalue weighted by atomic mass is 32.2. The van der Waals surface area contributed by atoms with E-state index in [9.17, 15) is 13.5 Å². The summed E-state index contributed by atoms with van der Waals surface area (Å²) in [5.74, 6) is 0. The van der Waals surface area contributed by atoms with Gasteiger partial charge in [0.15, 0.2) is 0 Å². The van der Waals surface area contributed by atoms with E-state index < -0.39 is 16.1 Å². The molecule has 0 radical (unpaired) electrons. The van der Waals surface area contributed by atoms with E-state index in [0.29, 0.717) is 12.2 Å². The Labute approximate surface area is 134 Å². The van der Waals surface area contributed by atoms with Crippen LogP contribution < -0.4 is 4.72 Å². The molecule has 0 saturated heterocycles. The molecule has 1 unspecified atom stereocenters. The Morgan fingerprint density at radius 3 is 2.32 bits per heavy atom. The van der Waals surface area contributed by atoms with E-state index in [1.807, 2.05) is 0 Å². The number of sulfonamides is 1. The number of unbranched alkanes of at least 4 members (excludes halogenated alkanes) is 2. The Balaban J connectivity index is 2.59. The predicted molar refractivity (Wildman–Crippen MR) is 91.5 cm³/mol. The van der Waals surface area contributed by atoms with Crippen LogP contribution in [-0.2, 0) is 10.0 Å². The van der Waals surface area contributed by atoms with Gasteiger partial charge in [0.25, 0.3) is 0 Å². The maximum Gasteiger partial charge on any atom is 0.229 e. The molecule has 1 aromatic carbocycles. The molecule has 0 aliphatic heterocycles. The minimum atomic E-state index is -3.27. The maximum atomic E-state index is 11.2. The zero-order chi connectivity index (χ0) is 16.6. The molecule has 0 amide bonds. The minimum Gasteiger partial charge on any atom is -0.387 e. The Kier molecular flexibility index (Phi) is 7.85. The lowest BCUT2D eigenvalue weighted by molar-refractivity contribution is 0.115. The molecule has 1 atom stereocenters. The number of rotatable bonds is 10. The third-order valence-corrected chi connectivity index (χ3v) is 4.16. The van der Waals surface area contributed by atoms with Gasteiger partial charge in [0, 0.05) is 12.2 Å². The van der Waals surface area contributed by atoms with Gasteiger partial charge in [0.1, 0.15) is 0 Å². The van der Waals surface area contributed by atoms with Gasteiger partial charge in [-0.05, 0) is 37.2 Å². The zero-order valence-electron chi connectivity index (χ0n) is 13.7. The number of anilines is 1. The largest absolute Gasteiger partial charge is 0.387 e. The Hall–Kier alpha value is -1.11. The summed E-state index contributed by atoms with van der Waals surface area (Å²) >= 11 is 0. The van der Waals surface area contributed by atoms with Crippen molar-refractivity contribution in [2.75, 3.05) is 30.6 Å². The molecule has 0 saturated carbocycles. The number of likely N-dealkylation sites (N-methyl/N-ethyl adjacent to an activating group) is 1. The average molecular weight is 328 g/mol. The Morgan fingerprint density at radius 2 is 1.82 bits per heavy atom. The van der Waals surface area contributed by atoms with Gasteiger partial charge in [-0.25, -0.2) is 8.42 Å². The van der Waals surface area contributed by atoms with Crippen LogP contribution in [0.1, 0.15) is 44.8 Å². The van der Waals surface area contributed by atoms with E-state index in [0.717, 1.165) is 31.3 Å². The molecule has 0 aromatic heterocycles. The molecule has 0 aliphatic carbocycles. The molecule has 1 aromatic rings. The maximum absolute atomic E-state index is 11.2. The fourth-order valence-electron chi connectivity index (χ4n) is 2.30. The molecule has 126 valence electrons. The van der Waals surface area contributed by atoms with E-state index in [2.05, 4.69) is 23.5 Å². The second-order valence-electron chi connectivity index (χ2n) is 5.61. The molecule has 5 nitrogen and oxygen atoms in total. The number of hydrogen-bond acceptors (Lipinski definition) is 4. The summed E-state index contributed by atoms with van der Waals surface area (Å²) in [7, 11) is -3.27. The lowest BCUT2D eigenvalue weighted by Crippen LogP contribution is -2.29. The topological polar surface area (TPSA) is 69.6 Å². The van der Waals surface area contributed by atoms with E-state index in [-0.39, 0.29) is 0 Å². The predicted octanol–water partition coefficient (Wildman–Crippen LogP) is 2.60. The van der Waals surface area contributed by atoms with Crippen molar-refractivity contribution in [1.82, 2.24) is 4.90 Å². The summed E-state index contributed by atoms with van der Waals surface area (Å²) in [6.07, 6.45) is 4.10. The Bertz CT molecular complexity index is 529. The van der Waals surface area contributed by atoms with Crippen molar-refractivity contribution in [1.29, 1.82) is 0 Å². The van der Waals surface area contributed by atoms with Crippen LogP contribution in [0.3, 0.4) is 0 Å². The second kappa shape index (κ2) is 9.12. The van der Waals surface area contributed by atoms with Crippen molar-refractivity contribution >= 4 is 15.7 Å². The molecule has 0 fully saturated rings. The molecular weight excluding hydrogens is 300 g/mol. The van der Waals surface area contributed by atoms with Crippen LogP contribution in [0.2, 0.25) is 0 Å². The fourth-order valence-corrected chi connectivity index (χ4v) is 2.87. The van der Waals surface area contributed by atoms with E-state index >= 15 is 0 Å². The third kappa shape index (κ3) is 7.24. The van der Waals surface area contributed by atoms with Gasteiger partial charge in [-0.1, -0.05) is 38.8 Å². The number of nitrogens with zero attached hydrogens (tertiary/aromatic N) is 1. The number of hydrogen-bond donors (Lipinski definition) is 2. The Morgan fingerprint density at radius 1 is 1.18 bits per heavy atom. The van der Waals surface area contributed by atoms with E-state index in [4.69, 9.17) is 0 Å². The van der Waals surface area contributed by atoms with Gasteiger partial charge in [-0.15, -0.1) is 0 Å². The number of benzene rings is 1. The van der Waals surface area contributed by atoms with Crippen LogP contribution in [-0.4, -0.2) is 44.3 Å². The highest BCUT2D eigenvalue weighted by Crippen LogP contribution is 2.18. The first-order chi connectivity index (χ1) is 10.4.